The minimum Gasteiger partial charge on any atom is -0.493 e. The molecule has 24 heavy (non-hydrogen) atoms. The third-order valence-corrected chi connectivity index (χ3v) is 4.23. The van der Waals surface area contributed by atoms with E-state index in [9.17, 15) is 4.79 Å². The minimum atomic E-state index is 0.0121. The third kappa shape index (κ3) is 5.57. The van der Waals surface area contributed by atoms with Crippen molar-refractivity contribution in [1.82, 2.24) is 0 Å². The lowest BCUT2D eigenvalue weighted by molar-refractivity contribution is -0.116. The molecule has 2 rings (SSSR count). The Bertz CT molecular complexity index is 671. The summed E-state index contributed by atoms with van der Waals surface area (Å²) in [6, 6.07) is 13.6. The molecule has 0 radical (unpaired) electrons. The molecule has 0 aliphatic rings. The van der Waals surface area contributed by atoms with Gasteiger partial charge in [-0.05, 0) is 49.1 Å². The second-order valence-electron chi connectivity index (χ2n) is 5.45. The summed E-state index contributed by atoms with van der Waals surface area (Å²) < 4.78 is 11.5. The van der Waals surface area contributed by atoms with Crippen LogP contribution in [0.5, 0.6) is 11.5 Å². The number of carbonyl (C=O) groups is 1. The fourth-order valence-corrected chi connectivity index (χ4v) is 2.67. The number of ether oxygens (including phenoxy) is 2. The molecule has 2 aromatic rings. The normalized spacial score (nSPS) is 10.3. The van der Waals surface area contributed by atoms with Crippen LogP contribution in [0.25, 0.3) is 0 Å². The Labute approximate surface area is 151 Å². The summed E-state index contributed by atoms with van der Waals surface area (Å²) in [4.78, 5) is 12.0. The van der Waals surface area contributed by atoms with E-state index in [2.05, 4.69) is 33.4 Å². The van der Waals surface area contributed by atoms with Crippen LogP contribution in [0.15, 0.2) is 46.9 Å². The summed E-state index contributed by atoms with van der Waals surface area (Å²) >= 11 is 3.43. The van der Waals surface area contributed by atoms with Gasteiger partial charge < -0.3 is 14.8 Å². The van der Waals surface area contributed by atoms with E-state index >= 15 is 0 Å². The second kappa shape index (κ2) is 9.33. The molecule has 1 N–H and O–H groups in total. The van der Waals surface area contributed by atoms with E-state index in [1.54, 1.807) is 32.4 Å². The van der Waals surface area contributed by atoms with Gasteiger partial charge in [-0.3, -0.25) is 4.79 Å². The third-order valence-electron chi connectivity index (χ3n) is 3.70. The molecule has 0 saturated carbocycles. The van der Waals surface area contributed by atoms with Gasteiger partial charge >= 0.3 is 0 Å². The van der Waals surface area contributed by atoms with E-state index in [-0.39, 0.29) is 5.91 Å². The van der Waals surface area contributed by atoms with Crippen LogP contribution < -0.4 is 14.8 Å². The number of rotatable bonds is 8. The van der Waals surface area contributed by atoms with Crippen molar-refractivity contribution in [3.05, 3.63) is 52.5 Å². The SMILES string of the molecule is COc1ccc(NC(=O)CCCCc2ccc(Br)cc2)cc1OC. The van der Waals surface area contributed by atoms with Crippen molar-refractivity contribution in [3.63, 3.8) is 0 Å². The standard InChI is InChI=1S/C19H22BrNO3/c1-23-17-12-11-16(13-18(17)24-2)21-19(22)6-4-3-5-14-7-9-15(20)10-8-14/h7-13H,3-6H2,1-2H3,(H,21,22). The van der Waals surface area contributed by atoms with Gasteiger partial charge in [0.05, 0.1) is 14.2 Å². The molecular formula is C19H22BrNO3. The number of unbranched alkanes of at least 4 members (excludes halogenated alkanes) is 1. The highest BCUT2D eigenvalue weighted by Gasteiger charge is 2.07. The predicted molar refractivity (Wildman–Crippen MR) is 99.9 cm³/mol. The van der Waals surface area contributed by atoms with Crippen LogP contribution in [0.2, 0.25) is 0 Å². The lowest BCUT2D eigenvalue weighted by Crippen LogP contribution is -2.11. The van der Waals surface area contributed by atoms with Gasteiger partial charge in [0.1, 0.15) is 0 Å². The first kappa shape index (κ1) is 18.3. The fraction of sp³-hybridized carbons (Fsp3) is 0.316. The molecule has 0 fully saturated rings. The van der Waals surface area contributed by atoms with E-state index in [1.165, 1.54) is 5.56 Å². The number of amides is 1. The van der Waals surface area contributed by atoms with E-state index < -0.39 is 0 Å². The highest BCUT2D eigenvalue weighted by molar-refractivity contribution is 9.10. The van der Waals surface area contributed by atoms with Crippen molar-refractivity contribution in [1.29, 1.82) is 0 Å². The molecule has 5 heteroatoms. The van der Waals surface area contributed by atoms with Crippen LogP contribution in [-0.4, -0.2) is 20.1 Å². The van der Waals surface area contributed by atoms with Gasteiger partial charge in [0.2, 0.25) is 5.91 Å². The number of carbonyl (C=O) groups excluding carboxylic acids is 1. The van der Waals surface area contributed by atoms with Crippen molar-refractivity contribution in [3.8, 4) is 11.5 Å². The van der Waals surface area contributed by atoms with Gasteiger partial charge in [-0.25, -0.2) is 0 Å². The van der Waals surface area contributed by atoms with E-state index in [0.717, 1.165) is 23.7 Å². The predicted octanol–water partition coefficient (Wildman–Crippen LogP) is 4.82. The number of hydrogen-bond donors (Lipinski definition) is 1. The Kier molecular flexibility index (Phi) is 7.12. The Balaban J connectivity index is 1.76. The maximum absolute atomic E-state index is 12.0. The van der Waals surface area contributed by atoms with Crippen LogP contribution >= 0.6 is 15.9 Å². The van der Waals surface area contributed by atoms with E-state index in [4.69, 9.17) is 9.47 Å². The monoisotopic (exact) mass is 391 g/mol. The molecule has 1 amide bonds. The molecule has 0 spiro atoms. The second-order valence-corrected chi connectivity index (χ2v) is 6.37. The van der Waals surface area contributed by atoms with Crippen LogP contribution in [0.1, 0.15) is 24.8 Å². The Morgan fingerprint density at radius 3 is 2.38 bits per heavy atom. The topological polar surface area (TPSA) is 47.6 Å². The van der Waals surface area contributed by atoms with Crippen LogP contribution in [0.4, 0.5) is 5.69 Å². The first-order chi connectivity index (χ1) is 11.6. The Morgan fingerprint density at radius 2 is 1.71 bits per heavy atom. The Hall–Kier alpha value is -2.01. The maximum atomic E-state index is 12.0. The minimum absolute atomic E-state index is 0.0121. The molecule has 0 aromatic heterocycles. The number of anilines is 1. The number of nitrogens with one attached hydrogen (secondary N) is 1. The number of hydrogen-bond acceptors (Lipinski definition) is 3. The average Bonchev–Trinajstić information content (AvgIpc) is 2.60. The van der Waals surface area contributed by atoms with Crippen LogP contribution in [0, 0.1) is 0 Å². The smallest absolute Gasteiger partial charge is 0.224 e. The summed E-state index contributed by atoms with van der Waals surface area (Å²) in [7, 11) is 3.16. The molecule has 0 atom stereocenters. The van der Waals surface area contributed by atoms with Gasteiger partial charge in [-0.2, -0.15) is 0 Å². The zero-order valence-corrected chi connectivity index (χ0v) is 15.6. The molecular weight excluding hydrogens is 370 g/mol. The van der Waals surface area contributed by atoms with Crippen molar-refractivity contribution < 1.29 is 14.3 Å². The van der Waals surface area contributed by atoms with Gasteiger partial charge in [0.25, 0.3) is 0 Å². The molecule has 0 aliphatic heterocycles. The zero-order valence-electron chi connectivity index (χ0n) is 14.0. The van der Waals surface area contributed by atoms with Gasteiger partial charge in [0, 0.05) is 22.6 Å². The highest BCUT2D eigenvalue weighted by Crippen LogP contribution is 2.29. The van der Waals surface area contributed by atoms with Crippen molar-refractivity contribution in [2.75, 3.05) is 19.5 Å². The molecule has 128 valence electrons. The maximum Gasteiger partial charge on any atom is 0.224 e. The molecule has 0 bridgehead atoms. The highest BCUT2D eigenvalue weighted by atomic mass is 79.9. The van der Waals surface area contributed by atoms with E-state index in [0.29, 0.717) is 23.6 Å². The number of methoxy groups -OCH3 is 2. The fourth-order valence-electron chi connectivity index (χ4n) is 2.40. The molecule has 2 aromatic carbocycles. The quantitative estimate of drug-likeness (QED) is 0.656. The summed E-state index contributed by atoms with van der Waals surface area (Å²) in [5.74, 6) is 1.26. The number of aryl methyl sites for hydroxylation is 1. The number of benzene rings is 2. The largest absolute Gasteiger partial charge is 0.493 e. The summed E-state index contributed by atoms with van der Waals surface area (Å²) in [5, 5.41) is 2.89. The van der Waals surface area contributed by atoms with Crippen molar-refractivity contribution in [2.45, 2.75) is 25.7 Å². The van der Waals surface area contributed by atoms with Gasteiger partial charge in [0.15, 0.2) is 11.5 Å². The first-order valence-electron chi connectivity index (χ1n) is 7.88. The Morgan fingerprint density at radius 1 is 1.00 bits per heavy atom. The summed E-state index contributed by atoms with van der Waals surface area (Å²) in [5.41, 5.74) is 2.00. The van der Waals surface area contributed by atoms with Gasteiger partial charge in [-0.15, -0.1) is 0 Å². The lowest BCUT2D eigenvalue weighted by atomic mass is 10.1. The van der Waals surface area contributed by atoms with Crippen molar-refractivity contribution >= 4 is 27.5 Å². The molecule has 0 saturated heterocycles. The summed E-state index contributed by atoms with van der Waals surface area (Å²) in [6.07, 6.45) is 3.33. The summed E-state index contributed by atoms with van der Waals surface area (Å²) in [6.45, 7) is 0. The van der Waals surface area contributed by atoms with Crippen LogP contribution in [-0.2, 0) is 11.2 Å². The van der Waals surface area contributed by atoms with Gasteiger partial charge in [-0.1, -0.05) is 28.1 Å². The first-order valence-corrected chi connectivity index (χ1v) is 8.68. The van der Waals surface area contributed by atoms with Crippen LogP contribution in [0.3, 0.4) is 0 Å². The van der Waals surface area contributed by atoms with Crippen molar-refractivity contribution in [2.24, 2.45) is 0 Å². The molecule has 0 unspecified atom stereocenters. The molecule has 4 nitrogen and oxygen atoms in total. The zero-order chi connectivity index (χ0) is 17.4. The lowest BCUT2D eigenvalue weighted by Gasteiger charge is -2.10. The number of halogens is 1. The average molecular weight is 392 g/mol. The van der Waals surface area contributed by atoms with E-state index in [1.807, 2.05) is 12.1 Å². The molecule has 0 aliphatic carbocycles. The molecule has 0 heterocycles.